The van der Waals surface area contributed by atoms with Crippen LogP contribution >= 0.6 is 11.8 Å². The molecule has 1 saturated heterocycles. The van der Waals surface area contributed by atoms with Crippen LogP contribution < -0.4 is 15.2 Å². The predicted molar refractivity (Wildman–Crippen MR) is 127 cm³/mol. The monoisotopic (exact) mass is 455 g/mol. The molecular formula is C23H29N5O3S. The number of benzene rings is 2. The third-order valence-electron chi connectivity index (χ3n) is 5.50. The maximum atomic E-state index is 9.09. The van der Waals surface area contributed by atoms with E-state index in [9.17, 15) is 0 Å². The lowest BCUT2D eigenvalue weighted by atomic mass is 10.2. The number of anilines is 1. The number of aromatic nitrogens is 2. The van der Waals surface area contributed by atoms with E-state index in [0.717, 1.165) is 65.8 Å². The minimum Gasteiger partial charge on any atom is -0.493 e. The maximum Gasteiger partial charge on any atom is 0.162 e. The second kappa shape index (κ2) is 10.8. The Hall–Kier alpha value is -2.59. The van der Waals surface area contributed by atoms with Gasteiger partial charge in [-0.1, -0.05) is 17.8 Å². The highest BCUT2D eigenvalue weighted by atomic mass is 32.2. The maximum absolute atomic E-state index is 9.09. The van der Waals surface area contributed by atoms with Crippen LogP contribution in [-0.4, -0.2) is 84.5 Å². The number of aliphatic hydroxyl groups is 1. The van der Waals surface area contributed by atoms with E-state index in [2.05, 4.69) is 19.8 Å². The number of piperazine rings is 1. The van der Waals surface area contributed by atoms with E-state index in [1.807, 2.05) is 36.4 Å². The highest BCUT2D eigenvalue weighted by Crippen LogP contribution is 2.37. The Balaban J connectivity index is 1.46. The average molecular weight is 456 g/mol. The molecule has 0 radical (unpaired) electrons. The van der Waals surface area contributed by atoms with Crippen LogP contribution in [-0.2, 0) is 0 Å². The fraction of sp³-hybridized carbons (Fsp3) is 0.391. The topological polar surface area (TPSA) is 97.0 Å². The fourth-order valence-electron chi connectivity index (χ4n) is 3.75. The molecule has 0 saturated carbocycles. The van der Waals surface area contributed by atoms with Crippen molar-refractivity contribution in [3.63, 3.8) is 0 Å². The highest BCUT2D eigenvalue weighted by molar-refractivity contribution is 7.99. The van der Waals surface area contributed by atoms with Crippen molar-refractivity contribution >= 4 is 28.4 Å². The largest absolute Gasteiger partial charge is 0.493 e. The van der Waals surface area contributed by atoms with Crippen molar-refractivity contribution in [3.8, 4) is 11.5 Å². The van der Waals surface area contributed by atoms with Gasteiger partial charge in [-0.05, 0) is 24.3 Å². The van der Waals surface area contributed by atoms with Crippen molar-refractivity contribution < 1.29 is 14.6 Å². The van der Waals surface area contributed by atoms with Crippen LogP contribution in [0.25, 0.3) is 10.9 Å². The summed E-state index contributed by atoms with van der Waals surface area (Å²) in [4.78, 5) is 14.6. The first kappa shape index (κ1) is 22.6. The van der Waals surface area contributed by atoms with Gasteiger partial charge in [-0.25, -0.2) is 9.97 Å². The molecule has 2 aromatic carbocycles. The summed E-state index contributed by atoms with van der Waals surface area (Å²) in [6.45, 7) is 6.27. The zero-order chi connectivity index (χ0) is 22.3. The summed E-state index contributed by atoms with van der Waals surface area (Å²) in [6, 6.07) is 11.6. The van der Waals surface area contributed by atoms with Gasteiger partial charge in [-0.2, -0.15) is 0 Å². The number of methoxy groups -OCH3 is 1. The van der Waals surface area contributed by atoms with Crippen molar-refractivity contribution in [1.29, 1.82) is 0 Å². The molecule has 0 spiro atoms. The van der Waals surface area contributed by atoms with E-state index < -0.39 is 0 Å². The second-order valence-corrected chi connectivity index (χ2v) is 8.69. The molecule has 1 aromatic heterocycles. The van der Waals surface area contributed by atoms with Gasteiger partial charge in [-0.3, -0.25) is 9.80 Å². The Labute approximate surface area is 192 Å². The molecule has 4 rings (SSSR count). The molecule has 1 fully saturated rings. The fourth-order valence-corrected chi connectivity index (χ4v) is 4.68. The molecule has 0 aliphatic carbocycles. The predicted octanol–water partition coefficient (Wildman–Crippen LogP) is 2.36. The van der Waals surface area contributed by atoms with Crippen molar-refractivity contribution in [2.24, 2.45) is 0 Å². The summed E-state index contributed by atoms with van der Waals surface area (Å²) in [5, 5.41) is 10.8. The van der Waals surface area contributed by atoms with Gasteiger partial charge in [0.15, 0.2) is 11.5 Å². The zero-order valence-corrected chi connectivity index (χ0v) is 19.1. The highest BCUT2D eigenvalue weighted by Gasteiger charge is 2.17. The summed E-state index contributed by atoms with van der Waals surface area (Å²) in [5.74, 6) is 1.34. The minimum atomic E-state index is 0.215. The second-order valence-electron chi connectivity index (χ2n) is 7.63. The number of nitrogens with zero attached hydrogens (tertiary/aromatic N) is 4. The van der Waals surface area contributed by atoms with E-state index in [1.165, 1.54) is 0 Å². The summed E-state index contributed by atoms with van der Waals surface area (Å²) in [7, 11) is 1.64. The molecular weight excluding hydrogens is 426 g/mol. The van der Waals surface area contributed by atoms with Gasteiger partial charge in [0.2, 0.25) is 0 Å². The van der Waals surface area contributed by atoms with Crippen molar-refractivity contribution in [3.05, 3.63) is 42.7 Å². The van der Waals surface area contributed by atoms with Gasteiger partial charge in [0.25, 0.3) is 0 Å². The number of β-amino-alcohol motifs (C(OH)–C–C–N with tert-alkyl or cyclic N) is 1. The molecule has 9 heteroatoms. The summed E-state index contributed by atoms with van der Waals surface area (Å²) < 4.78 is 11.7. The van der Waals surface area contributed by atoms with E-state index >= 15 is 0 Å². The summed E-state index contributed by atoms with van der Waals surface area (Å²) >= 11 is 1.55. The molecule has 3 aromatic rings. The third kappa shape index (κ3) is 5.60. The Morgan fingerprint density at radius 3 is 2.53 bits per heavy atom. The zero-order valence-electron chi connectivity index (χ0n) is 18.2. The normalized spacial score (nSPS) is 15.2. The van der Waals surface area contributed by atoms with Crippen LogP contribution in [0, 0.1) is 0 Å². The Morgan fingerprint density at radius 1 is 1.03 bits per heavy atom. The van der Waals surface area contributed by atoms with Gasteiger partial charge in [0, 0.05) is 61.3 Å². The number of nitrogen functional groups attached to an aromatic ring is 1. The molecule has 0 bridgehead atoms. The Bertz CT molecular complexity index is 1040. The number of ether oxygens (including phenoxy) is 2. The molecule has 1 aliphatic heterocycles. The molecule has 1 aliphatic rings. The lowest BCUT2D eigenvalue weighted by Gasteiger charge is -2.34. The Kier molecular flexibility index (Phi) is 7.64. The number of fused-ring (bicyclic) bond motifs is 1. The van der Waals surface area contributed by atoms with Crippen LogP contribution in [0.4, 0.5) is 5.69 Å². The minimum absolute atomic E-state index is 0.215. The molecule has 3 N–H and O–H groups in total. The molecule has 0 unspecified atom stereocenters. The molecule has 2 heterocycles. The molecule has 0 atom stereocenters. The third-order valence-corrected chi connectivity index (χ3v) is 6.51. The van der Waals surface area contributed by atoms with Crippen LogP contribution in [0.15, 0.2) is 52.6 Å². The van der Waals surface area contributed by atoms with Crippen LogP contribution in [0.5, 0.6) is 11.5 Å². The first-order valence-electron chi connectivity index (χ1n) is 10.7. The number of nitrogens with two attached hydrogens (primary N) is 1. The van der Waals surface area contributed by atoms with Gasteiger partial charge in [-0.15, -0.1) is 0 Å². The lowest BCUT2D eigenvalue weighted by molar-refractivity contribution is 0.101. The van der Waals surface area contributed by atoms with Gasteiger partial charge >= 0.3 is 0 Å². The number of hydrogen-bond acceptors (Lipinski definition) is 9. The first-order chi connectivity index (χ1) is 15.7. The van der Waals surface area contributed by atoms with Crippen LogP contribution in [0.2, 0.25) is 0 Å². The molecule has 0 amide bonds. The average Bonchev–Trinajstić information content (AvgIpc) is 2.80. The van der Waals surface area contributed by atoms with E-state index in [1.54, 1.807) is 25.2 Å². The first-order valence-corrected chi connectivity index (χ1v) is 11.5. The summed E-state index contributed by atoms with van der Waals surface area (Å²) in [5.41, 5.74) is 7.45. The standard InChI is InChI=1S/C23H29N5O3S/c1-30-21-15-20-19(23(26-16-25-20)32-18-4-2-3-17(24)13-18)14-22(21)31-12-10-28-7-5-27(6-8-28)9-11-29/h2-4,13-16,29H,5-12,24H2,1H3. The SMILES string of the molecule is COc1cc2ncnc(Sc3cccc(N)c3)c2cc1OCCN1CCN(CCO)CC1. The van der Waals surface area contributed by atoms with E-state index in [0.29, 0.717) is 18.1 Å². The molecule has 8 nitrogen and oxygen atoms in total. The van der Waals surface area contributed by atoms with Gasteiger partial charge in [0.1, 0.15) is 18.0 Å². The quantitative estimate of drug-likeness (QED) is 0.372. The molecule has 32 heavy (non-hydrogen) atoms. The van der Waals surface area contributed by atoms with Gasteiger partial charge < -0.3 is 20.3 Å². The smallest absolute Gasteiger partial charge is 0.162 e. The van der Waals surface area contributed by atoms with E-state index in [4.69, 9.17) is 20.3 Å². The van der Waals surface area contributed by atoms with Crippen LogP contribution in [0.3, 0.4) is 0 Å². The van der Waals surface area contributed by atoms with Crippen LogP contribution in [0.1, 0.15) is 0 Å². The number of hydrogen-bond donors (Lipinski definition) is 2. The van der Waals surface area contributed by atoms with Crippen molar-refractivity contribution in [1.82, 2.24) is 19.8 Å². The Morgan fingerprint density at radius 2 is 1.81 bits per heavy atom. The molecule has 170 valence electrons. The number of rotatable bonds is 9. The number of aliphatic hydroxyl groups excluding tert-OH is 1. The van der Waals surface area contributed by atoms with E-state index in [-0.39, 0.29) is 6.61 Å². The van der Waals surface area contributed by atoms with Crippen molar-refractivity contribution in [2.45, 2.75) is 9.92 Å². The summed E-state index contributed by atoms with van der Waals surface area (Å²) in [6.07, 6.45) is 1.56. The lowest BCUT2D eigenvalue weighted by Crippen LogP contribution is -2.48. The van der Waals surface area contributed by atoms with Crippen molar-refractivity contribution in [2.75, 3.05) is 65.3 Å². The van der Waals surface area contributed by atoms with Gasteiger partial charge in [0.05, 0.1) is 19.2 Å².